The molecule has 0 spiro atoms. The second-order valence-electron chi connectivity index (χ2n) is 3.81. The number of benzene rings is 1. The van der Waals surface area contributed by atoms with Crippen molar-refractivity contribution in [3.05, 3.63) is 33.9 Å². The largest absolute Gasteiger partial charge is 0.376 e. The molecule has 1 aromatic carbocycles. The number of nitro groups is 1. The highest BCUT2D eigenvalue weighted by Crippen LogP contribution is 2.26. The second-order valence-corrected chi connectivity index (χ2v) is 3.81. The van der Waals surface area contributed by atoms with Crippen molar-refractivity contribution in [2.75, 3.05) is 5.32 Å². The number of carbonyl (C=O) groups excluding carboxylic acids is 1. The normalized spacial score (nSPS) is 11.3. The monoisotopic (exact) mass is 247 g/mol. The molecule has 3 N–H and O–H groups in total. The first-order valence-electron chi connectivity index (χ1n) is 5.24. The molecule has 1 rings (SSSR count). The average molecular weight is 247 g/mol. The number of nitro benzene ring substituents is 1. The van der Waals surface area contributed by atoms with Crippen LogP contribution in [0.2, 0.25) is 0 Å². The van der Waals surface area contributed by atoms with Crippen molar-refractivity contribution < 1.29 is 9.72 Å². The van der Waals surface area contributed by atoms with Crippen LogP contribution in [0.15, 0.2) is 18.2 Å². The lowest BCUT2D eigenvalue weighted by molar-refractivity contribution is -0.384. The fourth-order valence-corrected chi connectivity index (χ4v) is 1.45. The third-order valence-corrected chi connectivity index (χ3v) is 2.30. The lowest BCUT2D eigenvalue weighted by atomic mass is 10.1. The van der Waals surface area contributed by atoms with Gasteiger partial charge in [0.15, 0.2) is 0 Å². The second kappa shape index (κ2) is 5.68. The molecule has 1 unspecified atom stereocenters. The van der Waals surface area contributed by atoms with Crippen LogP contribution in [0.5, 0.6) is 0 Å². The van der Waals surface area contributed by atoms with Crippen molar-refractivity contribution in [1.82, 2.24) is 0 Å². The molecule has 0 radical (unpaired) electrons. The van der Waals surface area contributed by atoms with Gasteiger partial charge in [-0.3, -0.25) is 14.9 Å². The molecule has 0 saturated heterocycles. The Hall–Kier alpha value is -2.55. The predicted molar refractivity (Wildman–Crippen MR) is 68.1 cm³/mol. The number of terminal acetylenes is 1. The lowest BCUT2D eigenvalue weighted by Crippen LogP contribution is -2.16. The Bertz CT molecular complexity index is 520. The van der Waals surface area contributed by atoms with E-state index in [-0.39, 0.29) is 17.3 Å². The zero-order chi connectivity index (χ0) is 13.7. The smallest absolute Gasteiger partial charge is 0.293 e. The molecule has 0 bridgehead atoms. The number of anilines is 1. The summed E-state index contributed by atoms with van der Waals surface area (Å²) in [6.45, 7) is 1.81. The van der Waals surface area contributed by atoms with Crippen LogP contribution >= 0.6 is 0 Å². The Morgan fingerprint density at radius 1 is 1.67 bits per heavy atom. The topological polar surface area (TPSA) is 98.3 Å². The third kappa shape index (κ3) is 3.22. The van der Waals surface area contributed by atoms with E-state index in [2.05, 4.69) is 11.2 Å². The van der Waals surface area contributed by atoms with E-state index in [0.717, 1.165) is 6.07 Å². The van der Waals surface area contributed by atoms with Crippen molar-refractivity contribution in [2.24, 2.45) is 5.73 Å². The number of amides is 1. The van der Waals surface area contributed by atoms with Crippen LogP contribution in [0.4, 0.5) is 11.4 Å². The molecule has 0 aliphatic heterocycles. The summed E-state index contributed by atoms with van der Waals surface area (Å²) in [7, 11) is 0. The first-order valence-corrected chi connectivity index (χ1v) is 5.24. The minimum atomic E-state index is -0.707. The van der Waals surface area contributed by atoms with Gasteiger partial charge in [0.2, 0.25) is 5.91 Å². The van der Waals surface area contributed by atoms with Crippen molar-refractivity contribution in [3.63, 3.8) is 0 Å². The maximum Gasteiger partial charge on any atom is 0.293 e. The fourth-order valence-electron chi connectivity index (χ4n) is 1.45. The number of primary amides is 1. The number of hydrogen-bond acceptors (Lipinski definition) is 4. The highest BCUT2D eigenvalue weighted by Gasteiger charge is 2.17. The summed E-state index contributed by atoms with van der Waals surface area (Å²) in [4.78, 5) is 21.3. The average Bonchev–Trinajstić information content (AvgIpc) is 2.29. The quantitative estimate of drug-likeness (QED) is 0.468. The summed E-state index contributed by atoms with van der Waals surface area (Å²) in [5.41, 5.74) is 5.28. The van der Waals surface area contributed by atoms with Gasteiger partial charge >= 0.3 is 0 Å². The van der Waals surface area contributed by atoms with E-state index in [0.29, 0.717) is 12.1 Å². The maximum absolute atomic E-state index is 11.0. The van der Waals surface area contributed by atoms with Crippen LogP contribution in [0, 0.1) is 22.5 Å². The molecule has 0 aliphatic carbocycles. The van der Waals surface area contributed by atoms with E-state index in [1.807, 2.05) is 6.92 Å². The first-order chi connectivity index (χ1) is 8.45. The fraction of sp³-hybridized carbons (Fsp3) is 0.250. The van der Waals surface area contributed by atoms with Crippen LogP contribution in [-0.4, -0.2) is 16.9 Å². The Balaban J connectivity index is 3.08. The maximum atomic E-state index is 11.0. The Morgan fingerprint density at radius 2 is 2.33 bits per heavy atom. The first kappa shape index (κ1) is 13.5. The van der Waals surface area contributed by atoms with Crippen molar-refractivity contribution >= 4 is 17.3 Å². The van der Waals surface area contributed by atoms with Crippen molar-refractivity contribution in [1.29, 1.82) is 0 Å². The minimum Gasteiger partial charge on any atom is -0.376 e. The van der Waals surface area contributed by atoms with Gasteiger partial charge in [0.25, 0.3) is 5.69 Å². The number of nitrogens with zero attached hydrogens (tertiary/aromatic N) is 1. The van der Waals surface area contributed by atoms with Crippen LogP contribution in [0.25, 0.3) is 0 Å². The van der Waals surface area contributed by atoms with Gasteiger partial charge in [-0.15, -0.1) is 12.3 Å². The number of hydrogen-bond donors (Lipinski definition) is 2. The molecule has 0 fully saturated rings. The molecule has 0 aliphatic rings. The summed E-state index contributed by atoms with van der Waals surface area (Å²) in [6.07, 6.45) is 5.60. The summed E-state index contributed by atoms with van der Waals surface area (Å²) in [5.74, 6) is 1.75. The number of rotatable bonds is 5. The molecule has 6 heteroatoms. The molecule has 1 aromatic rings. The van der Waals surface area contributed by atoms with E-state index in [9.17, 15) is 14.9 Å². The summed E-state index contributed by atoms with van der Waals surface area (Å²) in [6, 6.07) is 3.92. The zero-order valence-corrected chi connectivity index (χ0v) is 9.84. The van der Waals surface area contributed by atoms with Gasteiger partial charge in [0, 0.05) is 24.1 Å². The third-order valence-electron chi connectivity index (χ3n) is 2.30. The highest BCUT2D eigenvalue weighted by atomic mass is 16.6. The van der Waals surface area contributed by atoms with Crippen LogP contribution in [0.1, 0.15) is 23.7 Å². The van der Waals surface area contributed by atoms with Gasteiger partial charge in [-0.1, -0.05) is 0 Å². The van der Waals surface area contributed by atoms with E-state index >= 15 is 0 Å². The summed E-state index contributed by atoms with van der Waals surface area (Å²) in [5, 5.41) is 13.8. The Kier molecular flexibility index (Phi) is 4.27. The highest BCUT2D eigenvalue weighted by molar-refractivity contribution is 5.94. The number of nitrogens with two attached hydrogens (primary N) is 1. The molecular weight excluding hydrogens is 234 g/mol. The van der Waals surface area contributed by atoms with Gasteiger partial charge in [-0.25, -0.2) is 0 Å². The van der Waals surface area contributed by atoms with Crippen LogP contribution in [-0.2, 0) is 0 Å². The van der Waals surface area contributed by atoms with Crippen LogP contribution < -0.4 is 11.1 Å². The number of carbonyl (C=O) groups is 1. The molecule has 6 nitrogen and oxygen atoms in total. The zero-order valence-electron chi connectivity index (χ0n) is 9.84. The van der Waals surface area contributed by atoms with Gasteiger partial charge in [-0.05, 0) is 19.1 Å². The van der Waals surface area contributed by atoms with E-state index in [4.69, 9.17) is 12.2 Å². The molecule has 0 aromatic heterocycles. The molecule has 94 valence electrons. The van der Waals surface area contributed by atoms with E-state index in [1.165, 1.54) is 12.1 Å². The Labute approximate surface area is 104 Å². The standard InChI is InChI=1S/C12H13N3O3/c1-3-4-8(2)14-10-6-5-9(12(13)16)7-11(10)15(17)18/h1,5-8,14H,4H2,2H3,(H2,13,16). The number of nitrogens with one attached hydrogen (secondary N) is 1. The minimum absolute atomic E-state index is 0.0943. The molecule has 1 atom stereocenters. The van der Waals surface area contributed by atoms with Gasteiger partial charge in [-0.2, -0.15) is 0 Å². The van der Waals surface area contributed by atoms with E-state index < -0.39 is 10.8 Å². The molecular formula is C12H13N3O3. The van der Waals surface area contributed by atoms with Gasteiger partial charge < -0.3 is 11.1 Å². The van der Waals surface area contributed by atoms with Gasteiger partial charge in [0.1, 0.15) is 5.69 Å². The molecule has 0 saturated carbocycles. The predicted octanol–water partition coefficient (Wildman–Crippen LogP) is 1.52. The van der Waals surface area contributed by atoms with Crippen molar-refractivity contribution in [3.8, 4) is 12.3 Å². The Morgan fingerprint density at radius 3 is 2.83 bits per heavy atom. The van der Waals surface area contributed by atoms with Gasteiger partial charge in [0.05, 0.1) is 4.92 Å². The van der Waals surface area contributed by atoms with Crippen molar-refractivity contribution in [2.45, 2.75) is 19.4 Å². The molecule has 1 amide bonds. The SMILES string of the molecule is C#CCC(C)Nc1ccc(C(N)=O)cc1[N+](=O)[O-]. The molecule has 18 heavy (non-hydrogen) atoms. The summed E-state index contributed by atoms with van der Waals surface area (Å²) >= 11 is 0. The molecule has 0 heterocycles. The lowest BCUT2D eigenvalue weighted by Gasteiger charge is -2.12. The summed E-state index contributed by atoms with van der Waals surface area (Å²) < 4.78 is 0. The van der Waals surface area contributed by atoms with E-state index in [1.54, 1.807) is 0 Å². The van der Waals surface area contributed by atoms with Crippen LogP contribution in [0.3, 0.4) is 0 Å².